The van der Waals surface area contributed by atoms with Gasteiger partial charge in [0.15, 0.2) is 5.65 Å². The van der Waals surface area contributed by atoms with E-state index in [1.165, 1.54) is 11.6 Å². The smallest absolute Gasteiger partial charge is 0.336 e. The van der Waals surface area contributed by atoms with Crippen LogP contribution in [0.4, 0.5) is 0 Å². The molecule has 0 radical (unpaired) electrons. The van der Waals surface area contributed by atoms with Crippen LogP contribution in [0.15, 0.2) is 60.9 Å². The number of nitrogens with zero attached hydrogens (tertiary/aromatic N) is 3. The summed E-state index contributed by atoms with van der Waals surface area (Å²) < 4.78 is 7.83. The average molecular weight is 398 g/mol. The first-order valence-corrected chi connectivity index (χ1v) is 9.41. The lowest BCUT2D eigenvalue weighted by Gasteiger charge is -2.05. The van der Waals surface area contributed by atoms with Gasteiger partial charge in [0.2, 0.25) is 0 Å². The number of carbonyl (C=O) groups is 1. The topological polar surface area (TPSA) is 93.0 Å². The van der Waals surface area contributed by atoms with E-state index in [4.69, 9.17) is 4.74 Å². The van der Waals surface area contributed by atoms with E-state index in [0.717, 1.165) is 22.0 Å². The van der Waals surface area contributed by atoms with Crippen LogP contribution in [0.2, 0.25) is 0 Å². The number of aromatic amines is 1. The fourth-order valence-electron chi connectivity index (χ4n) is 3.55. The molecule has 0 amide bonds. The van der Waals surface area contributed by atoms with Crippen LogP contribution in [0.5, 0.6) is 11.8 Å². The molecular weight excluding hydrogens is 380 g/mol. The fourth-order valence-corrected chi connectivity index (χ4v) is 3.55. The predicted molar refractivity (Wildman–Crippen MR) is 114 cm³/mol. The predicted octanol–water partition coefficient (Wildman–Crippen LogP) is 4.92. The summed E-state index contributed by atoms with van der Waals surface area (Å²) in [5, 5.41) is 10.5. The Labute approximate surface area is 171 Å². The highest BCUT2D eigenvalue weighted by Crippen LogP contribution is 2.28. The van der Waals surface area contributed by atoms with E-state index in [9.17, 15) is 9.90 Å². The van der Waals surface area contributed by atoms with Crippen LogP contribution in [-0.4, -0.2) is 30.6 Å². The maximum Gasteiger partial charge on any atom is 0.336 e. The highest BCUT2D eigenvalue weighted by Gasteiger charge is 2.12. The minimum Gasteiger partial charge on any atom is -0.478 e. The highest BCUT2D eigenvalue weighted by atomic mass is 16.5. The van der Waals surface area contributed by atoms with Crippen molar-refractivity contribution in [1.82, 2.24) is 19.5 Å². The lowest BCUT2D eigenvalue weighted by molar-refractivity contribution is 0.0695. The zero-order chi connectivity index (χ0) is 20.8. The molecule has 7 heteroatoms. The molecule has 2 aromatic carbocycles. The van der Waals surface area contributed by atoms with Crippen molar-refractivity contribution in [3.05, 3.63) is 72.1 Å². The van der Waals surface area contributed by atoms with Crippen LogP contribution in [-0.2, 0) is 7.05 Å². The summed E-state index contributed by atoms with van der Waals surface area (Å²) in [7, 11) is 2.02. The maximum atomic E-state index is 11.3. The van der Waals surface area contributed by atoms with Crippen LogP contribution in [0.3, 0.4) is 0 Å². The van der Waals surface area contributed by atoms with Crippen LogP contribution < -0.4 is 4.74 Å². The number of rotatable bonds is 4. The molecule has 0 saturated heterocycles. The molecule has 3 heterocycles. The first kappa shape index (κ1) is 17.9. The third-order valence-corrected chi connectivity index (χ3v) is 5.19. The minimum absolute atomic E-state index is 0.195. The Bertz CT molecular complexity index is 1430. The molecule has 0 aliphatic rings. The van der Waals surface area contributed by atoms with Crippen LogP contribution in [0, 0.1) is 6.92 Å². The average Bonchev–Trinajstić information content (AvgIpc) is 3.31. The fraction of sp³-hybridized carbons (Fsp3) is 0.0870. The third kappa shape index (κ3) is 3.06. The standard InChI is InChI=1S/C23H18N4O3/c1-13-3-5-17(11-18(13)22(28)29)30-23-25-19-10-16(12-24-21(19)26-23)14-4-6-20-15(9-14)7-8-27(20)2/h3-12H,1-2H3,(H,28,29)(H,24,25,26). The van der Waals surface area contributed by atoms with E-state index in [1.54, 1.807) is 25.3 Å². The van der Waals surface area contributed by atoms with E-state index < -0.39 is 5.97 Å². The van der Waals surface area contributed by atoms with Gasteiger partial charge in [-0.2, -0.15) is 4.98 Å². The molecule has 0 aliphatic carbocycles. The van der Waals surface area contributed by atoms with Crippen molar-refractivity contribution < 1.29 is 14.6 Å². The molecule has 2 N–H and O–H groups in total. The van der Waals surface area contributed by atoms with E-state index in [2.05, 4.69) is 43.8 Å². The lowest BCUT2D eigenvalue weighted by Crippen LogP contribution is -2.00. The van der Waals surface area contributed by atoms with E-state index in [0.29, 0.717) is 17.0 Å². The van der Waals surface area contributed by atoms with Gasteiger partial charge in [-0.25, -0.2) is 9.78 Å². The Hall–Kier alpha value is -4.13. The van der Waals surface area contributed by atoms with Crippen LogP contribution in [0.25, 0.3) is 33.2 Å². The lowest BCUT2D eigenvalue weighted by atomic mass is 10.1. The number of fused-ring (bicyclic) bond motifs is 2. The van der Waals surface area contributed by atoms with Crippen molar-refractivity contribution in [1.29, 1.82) is 0 Å². The molecule has 7 nitrogen and oxygen atoms in total. The maximum absolute atomic E-state index is 11.3. The van der Waals surface area contributed by atoms with E-state index in [-0.39, 0.29) is 11.6 Å². The van der Waals surface area contributed by atoms with E-state index in [1.807, 2.05) is 19.3 Å². The second-order valence-electron chi connectivity index (χ2n) is 7.22. The molecule has 0 aliphatic heterocycles. The highest BCUT2D eigenvalue weighted by molar-refractivity contribution is 5.90. The Morgan fingerprint density at radius 3 is 2.80 bits per heavy atom. The number of hydrogen-bond donors (Lipinski definition) is 2. The molecule has 148 valence electrons. The van der Waals surface area contributed by atoms with Gasteiger partial charge in [-0.3, -0.25) is 0 Å². The Balaban J connectivity index is 1.48. The van der Waals surface area contributed by atoms with Crippen LogP contribution >= 0.6 is 0 Å². The molecule has 3 aromatic heterocycles. The second-order valence-corrected chi connectivity index (χ2v) is 7.22. The number of imidazole rings is 1. The summed E-state index contributed by atoms with van der Waals surface area (Å²) in [6.45, 7) is 1.74. The molecule has 0 bridgehead atoms. The third-order valence-electron chi connectivity index (χ3n) is 5.19. The number of aryl methyl sites for hydroxylation is 2. The monoisotopic (exact) mass is 398 g/mol. The molecule has 5 aromatic rings. The Kier molecular flexibility index (Phi) is 4.03. The number of aromatic nitrogens is 4. The normalized spacial score (nSPS) is 11.3. The number of hydrogen-bond acceptors (Lipinski definition) is 4. The Morgan fingerprint density at radius 1 is 1.10 bits per heavy atom. The van der Waals surface area contributed by atoms with Gasteiger partial charge >= 0.3 is 12.0 Å². The number of ether oxygens (including phenoxy) is 1. The number of benzene rings is 2. The summed E-state index contributed by atoms with van der Waals surface area (Å²) in [5.41, 5.74) is 5.32. The first-order valence-electron chi connectivity index (χ1n) is 9.41. The van der Waals surface area contributed by atoms with Crippen molar-refractivity contribution in [2.75, 3.05) is 0 Å². The zero-order valence-corrected chi connectivity index (χ0v) is 16.4. The molecule has 0 atom stereocenters. The summed E-state index contributed by atoms with van der Waals surface area (Å²) in [6.07, 6.45) is 3.82. The summed E-state index contributed by atoms with van der Waals surface area (Å²) in [4.78, 5) is 23.2. The molecule has 0 spiro atoms. The van der Waals surface area contributed by atoms with Crippen molar-refractivity contribution >= 4 is 28.0 Å². The molecule has 0 saturated carbocycles. The van der Waals surface area contributed by atoms with Gasteiger partial charge in [0, 0.05) is 35.9 Å². The number of carboxylic acids is 1. The molecule has 0 fully saturated rings. The number of pyridine rings is 1. The van der Waals surface area contributed by atoms with Crippen molar-refractivity contribution in [3.8, 4) is 22.9 Å². The van der Waals surface area contributed by atoms with Gasteiger partial charge in [-0.05, 0) is 54.4 Å². The summed E-state index contributed by atoms with van der Waals surface area (Å²) in [6, 6.07) is 15.5. The number of nitrogens with one attached hydrogen (secondary N) is 1. The minimum atomic E-state index is -0.996. The van der Waals surface area contributed by atoms with Gasteiger partial charge in [0.25, 0.3) is 0 Å². The number of H-pyrrole nitrogens is 1. The van der Waals surface area contributed by atoms with Crippen molar-refractivity contribution in [2.24, 2.45) is 7.05 Å². The van der Waals surface area contributed by atoms with Gasteiger partial charge in [0.05, 0.1) is 11.1 Å². The second kappa shape index (κ2) is 6.73. The molecule has 0 unspecified atom stereocenters. The zero-order valence-electron chi connectivity index (χ0n) is 16.4. The van der Waals surface area contributed by atoms with Gasteiger partial charge in [-0.1, -0.05) is 12.1 Å². The number of aromatic carboxylic acids is 1. The van der Waals surface area contributed by atoms with Gasteiger partial charge in [-0.15, -0.1) is 0 Å². The van der Waals surface area contributed by atoms with Crippen molar-refractivity contribution in [3.63, 3.8) is 0 Å². The first-order chi connectivity index (χ1) is 14.5. The molecule has 5 rings (SSSR count). The summed E-state index contributed by atoms with van der Waals surface area (Å²) >= 11 is 0. The Morgan fingerprint density at radius 2 is 1.97 bits per heavy atom. The largest absolute Gasteiger partial charge is 0.478 e. The SMILES string of the molecule is Cc1ccc(Oc2nc3ncc(-c4ccc5c(ccn5C)c4)cc3[nH]2)cc1C(=O)O. The molecular formula is C23H18N4O3. The summed E-state index contributed by atoms with van der Waals surface area (Å²) in [5.74, 6) is -0.601. The van der Waals surface area contributed by atoms with E-state index >= 15 is 0 Å². The van der Waals surface area contributed by atoms with Gasteiger partial charge in [0.1, 0.15) is 5.75 Å². The molecule has 30 heavy (non-hydrogen) atoms. The van der Waals surface area contributed by atoms with Crippen LogP contribution in [0.1, 0.15) is 15.9 Å². The number of carboxylic acid groups (broad SMARTS) is 1. The van der Waals surface area contributed by atoms with Gasteiger partial charge < -0.3 is 19.4 Å². The quantitative estimate of drug-likeness (QED) is 0.448. The van der Waals surface area contributed by atoms with Crippen molar-refractivity contribution in [2.45, 2.75) is 6.92 Å².